The highest BCUT2D eigenvalue weighted by molar-refractivity contribution is 5.83. The zero-order chi connectivity index (χ0) is 15.5. The van der Waals surface area contributed by atoms with Crippen LogP contribution in [0.25, 0.3) is 10.9 Å². The van der Waals surface area contributed by atoms with Crippen LogP contribution in [0.4, 0.5) is 0 Å². The van der Waals surface area contributed by atoms with Gasteiger partial charge in [-0.25, -0.2) is 0 Å². The summed E-state index contributed by atoms with van der Waals surface area (Å²) in [5.74, 6) is 0.676. The molecule has 0 aliphatic heterocycles. The number of aromatic nitrogens is 1. The van der Waals surface area contributed by atoms with Crippen molar-refractivity contribution in [2.75, 3.05) is 6.54 Å². The number of rotatable bonds is 6. The van der Waals surface area contributed by atoms with Crippen LogP contribution in [-0.2, 0) is 11.2 Å². The first-order chi connectivity index (χ1) is 9.90. The summed E-state index contributed by atoms with van der Waals surface area (Å²) in [6.07, 6.45) is 3.80. The van der Waals surface area contributed by atoms with Crippen molar-refractivity contribution in [1.29, 1.82) is 0 Å². The largest absolute Gasteiger partial charge is 0.361 e. The Hall–Kier alpha value is -1.77. The second kappa shape index (κ2) is 6.33. The van der Waals surface area contributed by atoms with Crippen LogP contribution in [0, 0.1) is 11.3 Å². The zero-order valence-corrected chi connectivity index (χ0v) is 13.5. The lowest BCUT2D eigenvalue weighted by molar-refractivity contribution is -0.130. The molecule has 0 saturated heterocycles. The SMILES string of the molecule is CC(C)CC(C)(C)C(=O)NCCc1c[nH]c2ccccc12. The Morgan fingerprint density at radius 3 is 2.71 bits per heavy atom. The van der Waals surface area contributed by atoms with E-state index in [1.807, 2.05) is 32.2 Å². The van der Waals surface area contributed by atoms with E-state index in [2.05, 4.69) is 36.3 Å². The van der Waals surface area contributed by atoms with Gasteiger partial charge in [-0.2, -0.15) is 0 Å². The van der Waals surface area contributed by atoms with Crippen molar-refractivity contribution in [2.45, 2.75) is 40.5 Å². The highest BCUT2D eigenvalue weighted by Crippen LogP contribution is 2.25. The Kier molecular flexibility index (Phi) is 4.71. The predicted octanol–water partition coefficient (Wildman–Crippen LogP) is 3.90. The number of carbonyl (C=O) groups is 1. The molecule has 3 heteroatoms. The molecule has 0 atom stereocenters. The fourth-order valence-electron chi connectivity index (χ4n) is 3.00. The Bertz CT molecular complexity index is 610. The van der Waals surface area contributed by atoms with Crippen molar-refractivity contribution in [3.63, 3.8) is 0 Å². The van der Waals surface area contributed by atoms with Gasteiger partial charge in [-0.3, -0.25) is 4.79 Å². The number of H-pyrrole nitrogens is 1. The van der Waals surface area contributed by atoms with Gasteiger partial charge in [0.15, 0.2) is 0 Å². The fraction of sp³-hybridized carbons (Fsp3) is 0.500. The number of carbonyl (C=O) groups excluding carboxylic acids is 1. The number of hydrogen-bond acceptors (Lipinski definition) is 1. The molecule has 0 radical (unpaired) electrons. The molecule has 1 aromatic carbocycles. The molecule has 1 amide bonds. The lowest BCUT2D eigenvalue weighted by Gasteiger charge is -2.25. The summed E-state index contributed by atoms with van der Waals surface area (Å²) < 4.78 is 0. The summed E-state index contributed by atoms with van der Waals surface area (Å²) in [5.41, 5.74) is 2.11. The van der Waals surface area contributed by atoms with E-state index in [-0.39, 0.29) is 11.3 Å². The summed E-state index contributed by atoms with van der Waals surface area (Å²) in [5, 5.41) is 4.32. The van der Waals surface area contributed by atoms with Crippen molar-refractivity contribution in [2.24, 2.45) is 11.3 Å². The van der Waals surface area contributed by atoms with Gasteiger partial charge in [-0.05, 0) is 30.4 Å². The fourth-order valence-corrected chi connectivity index (χ4v) is 3.00. The number of nitrogens with one attached hydrogen (secondary N) is 2. The van der Waals surface area contributed by atoms with Gasteiger partial charge >= 0.3 is 0 Å². The molecule has 2 N–H and O–H groups in total. The topological polar surface area (TPSA) is 44.9 Å². The lowest BCUT2D eigenvalue weighted by Crippen LogP contribution is -2.38. The first kappa shape index (κ1) is 15.6. The van der Waals surface area contributed by atoms with Gasteiger partial charge in [-0.1, -0.05) is 45.9 Å². The molecule has 0 fully saturated rings. The van der Waals surface area contributed by atoms with E-state index in [1.165, 1.54) is 10.9 Å². The Morgan fingerprint density at radius 2 is 2.00 bits per heavy atom. The molecule has 1 heterocycles. The summed E-state index contributed by atoms with van der Waals surface area (Å²) in [4.78, 5) is 15.5. The molecule has 2 aromatic rings. The Morgan fingerprint density at radius 1 is 1.29 bits per heavy atom. The minimum Gasteiger partial charge on any atom is -0.361 e. The van der Waals surface area contributed by atoms with Crippen LogP contribution in [0.5, 0.6) is 0 Å². The molecular formula is C18H26N2O. The molecule has 0 aliphatic rings. The minimum absolute atomic E-state index is 0.149. The smallest absolute Gasteiger partial charge is 0.225 e. The lowest BCUT2D eigenvalue weighted by atomic mass is 9.83. The van der Waals surface area contributed by atoms with Gasteiger partial charge in [0.1, 0.15) is 0 Å². The zero-order valence-electron chi connectivity index (χ0n) is 13.5. The predicted molar refractivity (Wildman–Crippen MR) is 88.2 cm³/mol. The van der Waals surface area contributed by atoms with E-state index < -0.39 is 0 Å². The molecule has 114 valence electrons. The highest BCUT2D eigenvalue weighted by atomic mass is 16.2. The van der Waals surface area contributed by atoms with Crippen molar-refractivity contribution in [3.05, 3.63) is 36.0 Å². The van der Waals surface area contributed by atoms with Crippen LogP contribution in [-0.4, -0.2) is 17.4 Å². The van der Waals surface area contributed by atoms with Crippen molar-refractivity contribution < 1.29 is 4.79 Å². The monoisotopic (exact) mass is 286 g/mol. The van der Waals surface area contributed by atoms with Crippen LogP contribution in [0.15, 0.2) is 30.5 Å². The van der Waals surface area contributed by atoms with Gasteiger partial charge in [0.05, 0.1) is 0 Å². The van der Waals surface area contributed by atoms with Gasteiger partial charge < -0.3 is 10.3 Å². The van der Waals surface area contributed by atoms with Crippen LogP contribution < -0.4 is 5.32 Å². The number of hydrogen-bond donors (Lipinski definition) is 2. The first-order valence-corrected chi connectivity index (χ1v) is 7.73. The van der Waals surface area contributed by atoms with E-state index in [0.29, 0.717) is 12.5 Å². The minimum atomic E-state index is -0.297. The molecule has 1 aromatic heterocycles. The summed E-state index contributed by atoms with van der Waals surface area (Å²) in [6, 6.07) is 8.26. The van der Waals surface area contributed by atoms with Crippen LogP contribution in [0.1, 0.15) is 39.7 Å². The molecule has 21 heavy (non-hydrogen) atoms. The van der Waals surface area contributed by atoms with E-state index in [0.717, 1.165) is 18.4 Å². The molecule has 0 saturated carbocycles. The van der Waals surface area contributed by atoms with Crippen molar-refractivity contribution in [3.8, 4) is 0 Å². The van der Waals surface area contributed by atoms with Crippen molar-refractivity contribution in [1.82, 2.24) is 10.3 Å². The molecule has 0 aliphatic carbocycles. The molecule has 2 rings (SSSR count). The summed E-state index contributed by atoms with van der Waals surface area (Å²) in [7, 11) is 0. The normalized spacial score (nSPS) is 12.0. The Labute approximate surface area is 127 Å². The van der Waals surface area contributed by atoms with Gasteiger partial charge in [-0.15, -0.1) is 0 Å². The average molecular weight is 286 g/mol. The number of aromatic amines is 1. The molecule has 3 nitrogen and oxygen atoms in total. The average Bonchev–Trinajstić information content (AvgIpc) is 2.81. The number of fused-ring (bicyclic) bond motifs is 1. The maximum atomic E-state index is 12.3. The molecule has 0 bridgehead atoms. The summed E-state index contributed by atoms with van der Waals surface area (Å²) >= 11 is 0. The third kappa shape index (κ3) is 3.87. The third-order valence-electron chi connectivity index (χ3n) is 3.89. The quantitative estimate of drug-likeness (QED) is 0.831. The van der Waals surface area contributed by atoms with Crippen LogP contribution in [0.2, 0.25) is 0 Å². The highest BCUT2D eigenvalue weighted by Gasteiger charge is 2.27. The standard InChI is InChI=1S/C18H26N2O/c1-13(2)11-18(3,4)17(21)19-10-9-14-12-20-16-8-6-5-7-15(14)16/h5-8,12-13,20H,9-11H2,1-4H3,(H,19,21). The van der Waals surface area contributed by atoms with Crippen molar-refractivity contribution >= 4 is 16.8 Å². The summed E-state index contributed by atoms with van der Waals surface area (Å²) in [6.45, 7) is 9.03. The molecule has 0 unspecified atom stereocenters. The van der Waals surface area contributed by atoms with Gasteiger partial charge in [0, 0.05) is 29.1 Å². The van der Waals surface area contributed by atoms with Crippen LogP contribution in [0.3, 0.4) is 0 Å². The first-order valence-electron chi connectivity index (χ1n) is 7.73. The maximum Gasteiger partial charge on any atom is 0.225 e. The van der Waals surface area contributed by atoms with Gasteiger partial charge in [0.2, 0.25) is 5.91 Å². The van der Waals surface area contributed by atoms with Gasteiger partial charge in [0.25, 0.3) is 0 Å². The second-order valence-corrected chi connectivity index (χ2v) is 6.85. The maximum absolute atomic E-state index is 12.3. The molecular weight excluding hydrogens is 260 g/mol. The van der Waals surface area contributed by atoms with E-state index in [9.17, 15) is 4.79 Å². The van der Waals surface area contributed by atoms with E-state index in [4.69, 9.17) is 0 Å². The van der Waals surface area contributed by atoms with E-state index >= 15 is 0 Å². The molecule has 0 spiro atoms. The second-order valence-electron chi connectivity index (χ2n) is 6.85. The number of para-hydroxylation sites is 1. The Balaban J connectivity index is 1.91. The number of amides is 1. The number of benzene rings is 1. The van der Waals surface area contributed by atoms with E-state index in [1.54, 1.807) is 0 Å². The third-order valence-corrected chi connectivity index (χ3v) is 3.89. The van der Waals surface area contributed by atoms with Crippen LogP contribution >= 0.6 is 0 Å².